The summed E-state index contributed by atoms with van der Waals surface area (Å²) in [4.78, 5) is 24.8. The van der Waals surface area contributed by atoms with Crippen LogP contribution in [0.4, 0.5) is 5.69 Å². The molecule has 2 N–H and O–H groups in total. The third kappa shape index (κ3) is 5.31. The zero-order valence-corrected chi connectivity index (χ0v) is 14.9. The normalized spacial score (nSPS) is 11.2. The van der Waals surface area contributed by atoms with Crippen LogP contribution in [-0.2, 0) is 9.59 Å². The van der Waals surface area contributed by atoms with Crippen LogP contribution in [0.15, 0.2) is 40.8 Å². The molecule has 1 aromatic carbocycles. The maximum absolute atomic E-state index is 12.0. The molecule has 0 aliphatic rings. The number of nitrogens with zero attached hydrogens (tertiary/aromatic N) is 1. The van der Waals surface area contributed by atoms with Crippen molar-refractivity contribution in [3.8, 4) is 0 Å². The third-order valence-electron chi connectivity index (χ3n) is 3.47. The van der Waals surface area contributed by atoms with E-state index in [4.69, 9.17) is 0 Å². The highest BCUT2D eigenvalue weighted by Gasteiger charge is 2.09. The first-order valence-corrected chi connectivity index (χ1v) is 8.58. The van der Waals surface area contributed by atoms with E-state index in [2.05, 4.69) is 15.8 Å². The summed E-state index contributed by atoms with van der Waals surface area (Å²) in [6.45, 7) is 5.74. The van der Waals surface area contributed by atoms with Crippen LogP contribution in [0.25, 0.3) is 0 Å². The van der Waals surface area contributed by atoms with Crippen molar-refractivity contribution in [3.63, 3.8) is 0 Å². The average Bonchev–Trinajstić information content (AvgIpc) is 3.08. The molecule has 1 aromatic heterocycles. The average molecular weight is 343 g/mol. The van der Waals surface area contributed by atoms with Gasteiger partial charge in [0.2, 0.25) is 11.8 Å². The summed E-state index contributed by atoms with van der Waals surface area (Å²) in [7, 11) is 0. The fourth-order valence-corrected chi connectivity index (χ4v) is 2.73. The van der Waals surface area contributed by atoms with Gasteiger partial charge in [0.1, 0.15) is 0 Å². The highest BCUT2D eigenvalue weighted by molar-refractivity contribution is 7.12. The summed E-state index contributed by atoms with van der Waals surface area (Å²) >= 11 is 1.56. The standard InChI is InChI=1S/C18H21N3O2S/c1-12-6-7-13(2)15(11-12)19-17(22)8-9-18(23)21-20-14(3)16-5-4-10-24-16/h4-7,10-11H,8-9H2,1-3H3,(H,19,22)(H,21,23)/b20-14+. The minimum Gasteiger partial charge on any atom is -0.326 e. The van der Waals surface area contributed by atoms with E-state index < -0.39 is 0 Å². The Morgan fingerprint density at radius 3 is 2.58 bits per heavy atom. The number of hydrazone groups is 1. The summed E-state index contributed by atoms with van der Waals surface area (Å²) in [5, 5.41) is 8.84. The van der Waals surface area contributed by atoms with Crippen molar-refractivity contribution in [3.05, 3.63) is 51.7 Å². The number of nitrogens with one attached hydrogen (secondary N) is 2. The van der Waals surface area contributed by atoms with Crippen molar-refractivity contribution in [2.24, 2.45) is 5.10 Å². The van der Waals surface area contributed by atoms with E-state index in [0.717, 1.165) is 27.4 Å². The van der Waals surface area contributed by atoms with Gasteiger partial charge in [-0.25, -0.2) is 5.43 Å². The number of hydrogen-bond acceptors (Lipinski definition) is 4. The van der Waals surface area contributed by atoms with Gasteiger partial charge in [0, 0.05) is 23.4 Å². The third-order valence-corrected chi connectivity index (χ3v) is 4.45. The van der Waals surface area contributed by atoms with E-state index in [9.17, 15) is 9.59 Å². The van der Waals surface area contributed by atoms with Crippen molar-refractivity contribution in [1.82, 2.24) is 5.43 Å². The molecule has 0 spiro atoms. The van der Waals surface area contributed by atoms with Crippen LogP contribution in [0.5, 0.6) is 0 Å². The second-order valence-electron chi connectivity index (χ2n) is 5.58. The van der Waals surface area contributed by atoms with Gasteiger partial charge in [-0.05, 0) is 49.4 Å². The quantitative estimate of drug-likeness (QED) is 0.621. The molecule has 0 fully saturated rings. The smallest absolute Gasteiger partial charge is 0.240 e. The number of carbonyl (C=O) groups is 2. The van der Waals surface area contributed by atoms with E-state index >= 15 is 0 Å². The molecule has 126 valence electrons. The van der Waals surface area contributed by atoms with Gasteiger partial charge in [0.25, 0.3) is 0 Å². The van der Waals surface area contributed by atoms with Crippen LogP contribution in [-0.4, -0.2) is 17.5 Å². The van der Waals surface area contributed by atoms with Crippen molar-refractivity contribution >= 4 is 34.6 Å². The Morgan fingerprint density at radius 1 is 1.12 bits per heavy atom. The largest absolute Gasteiger partial charge is 0.326 e. The molecule has 0 saturated heterocycles. The number of aryl methyl sites for hydroxylation is 2. The molecule has 1 heterocycles. The molecule has 0 unspecified atom stereocenters. The fraction of sp³-hybridized carbons (Fsp3) is 0.278. The van der Waals surface area contributed by atoms with E-state index in [0.29, 0.717) is 0 Å². The summed E-state index contributed by atoms with van der Waals surface area (Å²) < 4.78 is 0. The number of hydrogen-bond donors (Lipinski definition) is 2. The van der Waals surface area contributed by atoms with Gasteiger partial charge in [0.15, 0.2) is 0 Å². The maximum Gasteiger partial charge on any atom is 0.240 e. The van der Waals surface area contributed by atoms with Gasteiger partial charge in [-0.3, -0.25) is 9.59 Å². The minimum absolute atomic E-state index is 0.0952. The SMILES string of the molecule is C/C(=N\NC(=O)CCC(=O)Nc1cc(C)ccc1C)c1cccs1. The Labute approximate surface area is 145 Å². The molecular weight excluding hydrogens is 322 g/mol. The number of carbonyl (C=O) groups excluding carboxylic acids is 2. The van der Waals surface area contributed by atoms with Crippen LogP contribution in [0.3, 0.4) is 0 Å². The lowest BCUT2D eigenvalue weighted by molar-refractivity contribution is -0.124. The molecule has 5 nitrogen and oxygen atoms in total. The molecule has 6 heteroatoms. The van der Waals surface area contributed by atoms with Gasteiger partial charge in [-0.15, -0.1) is 11.3 Å². The Bertz CT molecular complexity index is 752. The van der Waals surface area contributed by atoms with E-state index in [-0.39, 0.29) is 24.7 Å². The molecule has 0 atom stereocenters. The summed E-state index contributed by atoms with van der Waals surface area (Å²) in [6.07, 6.45) is 0.213. The van der Waals surface area contributed by atoms with Gasteiger partial charge < -0.3 is 5.32 Å². The maximum atomic E-state index is 12.0. The number of thiophene rings is 1. The second-order valence-corrected chi connectivity index (χ2v) is 6.52. The number of anilines is 1. The minimum atomic E-state index is -0.276. The first kappa shape index (κ1) is 17.9. The number of amides is 2. The zero-order valence-electron chi connectivity index (χ0n) is 14.1. The Balaban J connectivity index is 1.80. The molecule has 0 saturated carbocycles. The first-order valence-electron chi connectivity index (χ1n) is 7.70. The van der Waals surface area contributed by atoms with Crippen LogP contribution in [0.2, 0.25) is 0 Å². The van der Waals surface area contributed by atoms with Crippen molar-refractivity contribution in [1.29, 1.82) is 0 Å². The zero-order chi connectivity index (χ0) is 17.5. The van der Waals surface area contributed by atoms with Crippen LogP contribution >= 0.6 is 11.3 Å². The summed E-state index contributed by atoms with van der Waals surface area (Å²) in [5.74, 6) is -0.458. The first-order chi connectivity index (χ1) is 11.5. The lowest BCUT2D eigenvalue weighted by atomic mass is 10.1. The lowest BCUT2D eigenvalue weighted by Gasteiger charge is -2.09. The van der Waals surface area contributed by atoms with Gasteiger partial charge >= 0.3 is 0 Å². The highest BCUT2D eigenvalue weighted by Crippen LogP contribution is 2.16. The summed E-state index contributed by atoms with van der Waals surface area (Å²) in [6, 6.07) is 9.74. The Morgan fingerprint density at radius 2 is 1.88 bits per heavy atom. The Kier molecular flexibility index (Phi) is 6.26. The molecule has 0 bridgehead atoms. The Hall–Kier alpha value is -2.47. The molecule has 24 heavy (non-hydrogen) atoms. The van der Waals surface area contributed by atoms with Gasteiger partial charge in [-0.1, -0.05) is 18.2 Å². The predicted molar refractivity (Wildman–Crippen MR) is 98.5 cm³/mol. The molecule has 2 rings (SSSR count). The van der Waals surface area contributed by atoms with Crippen LogP contribution < -0.4 is 10.7 Å². The molecule has 0 aliphatic heterocycles. The number of benzene rings is 1. The van der Waals surface area contributed by atoms with Crippen molar-refractivity contribution < 1.29 is 9.59 Å². The van der Waals surface area contributed by atoms with Crippen molar-refractivity contribution in [2.45, 2.75) is 33.6 Å². The number of rotatable bonds is 6. The highest BCUT2D eigenvalue weighted by atomic mass is 32.1. The van der Waals surface area contributed by atoms with E-state index in [1.54, 1.807) is 11.3 Å². The van der Waals surface area contributed by atoms with Crippen LogP contribution in [0.1, 0.15) is 35.8 Å². The molecule has 0 aliphatic carbocycles. The van der Waals surface area contributed by atoms with E-state index in [1.807, 2.05) is 56.5 Å². The van der Waals surface area contributed by atoms with Gasteiger partial charge in [0.05, 0.1) is 5.71 Å². The lowest BCUT2D eigenvalue weighted by Crippen LogP contribution is -2.21. The van der Waals surface area contributed by atoms with Crippen LogP contribution in [0, 0.1) is 13.8 Å². The monoisotopic (exact) mass is 343 g/mol. The predicted octanol–water partition coefficient (Wildman–Crippen LogP) is 3.62. The molecule has 2 amide bonds. The topological polar surface area (TPSA) is 70.6 Å². The van der Waals surface area contributed by atoms with Gasteiger partial charge in [-0.2, -0.15) is 5.10 Å². The second kappa shape index (κ2) is 8.40. The summed E-state index contributed by atoms with van der Waals surface area (Å²) in [5.41, 5.74) is 6.09. The van der Waals surface area contributed by atoms with Crippen molar-refractivity contribution in [2.75, 3.05) is 5.32 Å². The molecule has 2 aromatic rings. The fourth-order valence-electron chi connectivity index (χ4n) is 2.05. The molecule has 0 radical (unpaired) electrons. The molecular formula is C18H21N3O2S. The van der Waals surface area contributed by atoms with E-state index in [1.165, 1.54) is 0 Å².